The van der Waals surface area contributed by atoms with E-state index in [-0.39, 0.29) is 10.8 Å². The topological polar surface area (TPSA) is 78.5 Å². The van der Waals surface area contributed by atoms with E-state index in [2.05, 4.69) is 10.6 Å². The number of amides is 1. The van der Waals surface area contributed by atoms with E-state index in [4.69, 9.17) is 0 Å². The summed E-state index contributed by atoms with van der Waals surface area (Å²) < 4.78 is 27.0. The Morgan fingerprint density at radius 2 is 1.88 bits per heavy atom. The number of rotatable bonds is 7. The summed E-state index contributed by atoms with van der Waals surface area (Å²) >= 11 is 0. The molecule has 1 fully saturated rings. The van der Waals surface area contributed by atoms with Crippen LogP contribution in [-0.4, -0.2) is 51.4 Å². The predicted octanol–water partition coefficient (Wildman–Crippen LogP) is 1.51. The minimum absolute atomic E-state index is 0.201. The molecule has 0 unspecified atom stereocenters. The Morgan fingerprint density at radius 1 is 1.17 bits per heavy atom. The molecule has 7 heteroatoms. The summed E-state index contributed by atoms with van der Waals surface area (Å²) in [4.78, 5) is 12.5. The highest BCUT2D eigenvalue weighted by Gasteiger charge is 2.26. The number of aryl methyl sites for hydroxylation is 1. The highest BCUT2D eigenvalue weighted by molar-refractivity contribution is 7.89. The molecule has 2 N–H and O–H groups in total. The smallest absolute Gasteiger partial charge is 0.251 e. The molecule has 1 aromatic carbocycles. The first-order chi connectivity index (χ1) is 11.5. The number of hydrogen-bond donors (Lipinski definition) is 2. The zero-order chi connectivity index (χ0) is 17.6. The second-order valence-electron chi connectivity index (χ2n) is 6.05. The van der Waals surface area contributed by atoms with Gasteiger partial charge >= 0.3 is 0 Å². The van der Waals surface area contributed by atoms with Crippen LogP contribution in [0.5, 0.6) is 0 Å². The van der Waals surface area contributed by atoms with Crippen molar-refractivity contribution in [1.29, 1.82) is 0 Å². The molecule has 1 aliphatic heterocycles. The van der Waals surface area contributed by atoms with Gasteiger partial charge in [-0.2, -0.15) is 4.31 Å². The van der Waals surface area contributed by atoms with E-state index in [1.165, 1.54) is 10.4 Å². The van der Waals surface area contributed by atoms with E-state index >= 15 is 0 Å². The lowest BCUT2D eigenvalue weighted by atomic mass is 10.1. The van der Waals surface area contributed by atoms with Crippen LogP contribution >= 0.6 is 0 Å². The summed E-state index contributed by atoms with van der Waals surface area (Å²) in [7, 11) is -3.52. The van der Waals surface area contributed by atoms with Crippen molar-refractivity contribution >= 4 is 15.9 Å². The quantitative estimate of drug-likeness (QED) is 0.729. The second kappa shape index (κ2) is 8.60. The summed E-state index contributed by atoms with van der Waals surface area (Å²) in [5, 5.41) is 5.95. The summed E-state index contributed by atoms with van der Waals surface area (Å²) in [5.74, 6) is -0.235. The number of carbonyl (C=O) groups is 1. The van der Waals surface area contributed by atoms with Gasteiger partial charge in [0.05, 0.1) is 4.90 Å². The first kappa shape index (κ1) is 18.9. The molecule has 2 rings (SSSR count). The van der Waals surface area contributed by atoms with Crippen LogP contribution in [0.3, 0.4) is 0 Å². The Bertz CT molecular complexity index is 668. The third-order valence-electron chi connectivity index (χ3n) is 4.24. The Hall–Kier alpha value is -1.44. The molecule has 1 amide bonds. The number of piperidine rings is 1. The molecule has 0 saturated carbocycles. The molecule has 1 aromatic rings. The molecule has 0 radical (unpaired) electrons. The summed E-state index contributed by atoms with van der Waals surface area (Å²) in [6.07, 6.45) is 2.85. The molecular formula is C17H27N3O3S. The van der Waals surface area contributed by atoms with Crippen LogP contribution in [0.15, 0.2) is 23.1 Å². The highest BCUT2D eigenvalue weighted by Crippen LogP contribution is 2.22. The summed E-state index contributed by atoms with van der Waals surface area (Å²) in [6.45, 7) is 6.97. The van der Waals surface area contributed by atoms with Crippen LogP contribution in [0.2, 0.25) is 0 Å². The fourth-order valence-electron chi connectivity index (χ4n) is 2.80. The lowest BCUT2D eigenvalue weighted by Crippen LogP contribution is -2.36. The van der Waals surface area contributed by atoms with Gasteiger partial charge in [-0.1, -0.05) is 19.4 Å². The summed E-state index contributed by atoms with van der Waals surface area (Å²) in [6, 6.07) is 4.80. The molecular weight excluding hydrogens is 326 g/mol. The van der Waals surface area contributed by atoms with Gasteiger partial charge in [0.1, 0.15) is 0 Å². The monoisotopic (exact) mass is 353 g/mol. The van der Waals surface area contributed by atoms with E-state index < -0.39 is 10.0 Å². The lowest BCUT2D eigenvalue weighted by molar-refractivity contribution is 0.0953. The van der Waals surface area contributed by atoms with Crippen molar-refractivity contribution in [3.05, 3.63) is 29.3 Å². The second-order valence-corrected chi connectivity index (χ2v) is 7.99. The summed E-state index contributed by atoms with van der Waals surface area (Å²) in [5.41, 5.74) is 1.19. The van der Waals surface area contributed by atoms with E-state index in [0.29, 0.717) is 31.7 Å². The van der Waals surface area contributed by atoms with Crippen molar-refractivity contribution in [3.63, 3.8) is 0 Å². The number of likely N-dealkylation sites (N-methyl/N-ethyl adjacent to an activating group) is 1. The fourth-order valence-corrected chi connectivity index (χ4v) is 4.34. The molecule has 1 saturated heterocycles. The van der Waals surface area contributed by atoms with Crippen LogP contribution in [0.4, 0.5) is 0 Å². The maximum Gasteiger partial charge on any atom is 0.251 e. The van der Waals surface area contributed by atoms with Crippen molar-refractivity contribution in [1.82, 2.24) is 14.9 Å². The van der Waals surface area contributed by atoms with Gasteiger partial charge < -0.3 is 10.6 Å². The molecule has 0 aliphatic carbocycles. The molecule has 0 aromatic heterocycles. The number of benzene rings is 1. The molecule has 0 bridgehead atoms. The molecule has 134 valence electrons. The van der Waals surface area contributed by atoms with E-state index in [1.807, 2.05) is 13.8 Å². The van der Waals surface area contributed by atoms with E-state index in [1.54, 1.807) is 12.1 Å². The maximum absolute atomic E-state index is 12.8. The van der Waals surface area contributed by atoms with Crippen molar-refractivity contribution in [3.8, 4) is 0 Å². The molecule has 0 spiro atoms. The van der Waals surface area contributed by atoms with Gasteiger partial charge in [-0.05, 0) is 44.0 Å². The first-order valence-electron chi connectivity index (χ1n) is 8.56. The van der Waals surface area contributed by atoms with Crippen molar-refractivity contribution in [2.24, 2.45) is 0 Å². The van der Waals surface area contributed by atoms with Gasteiger partial charge in [0.15, 0.2) is 0 Å². The van der Waals surface area contributed by atoms with Crippen molar-refractivity contribution in [2.45, 2.75) is 38.0 Å². The zero-order valence-electron chi connectivity index (χ0n) is 14.5. The van der Waals surface area contributed by atoms with Gasteiger partial charge in [0.25, 0.3) is 5.91 Å². The molecule has 0 atom stereocenters. The van der Waals surface area contributed by atoms with Gasteiger partial charge in [-0.15, -0.1) is 0 Å². The van der Waals surface area contributed by atoms with Gasteiger partial charge in [0, 0.05) is 31.7 Å². The van der Waals surface area contributed by atoms with Gasteiger partial charge in [0.2, 0.25) is 10.0 Å². The highest BCUT2D eigenvalue weighted by atomic mass is 32.2. The first-order valence-corrected chi connectivity index (χ1v) is 10.0. The number of carbonyl (C=O) groups excluding carboxylic acids is 1. The molecule has 24 heavy (non-hydrogen) atoms. The van der Waals surface area contributed by atoms with Crippen LogP contribution in [0.1, 0.15) is 42.1 Å². The average Bonchev–Trinajstić information content (AvgIpc) is 2.59. The minimum Gasteiger partial charge on any atom is -0.351 e. The van der Waals surface area contributed by atoms with E-state index in [0.717, 1.165) is 31.4 Å². The maximum atomic E-state index is 12.8. The Labute approximate surface area is 144 Å². The van der Waals surface area contributed by atoms with Crippen molar-refractivity contribution < 1.29 is 13.2 Å². The SMILES string of the molecule is CCNCCNC(=O)c1cc(S(=O)(=O)N2CCCCC2)ccc1C. The normalized spacial score (nSPS) is 16.1. The minimum atomic E-state index is -3.52. The molecule has 1 heterocycles. The number of sulfonamides is 1. The predicted molar refractivity (Wildman–Crippen MR) is 94.7 cm³/mol. The number of nitrogens with zero attached hydrogens (tertiary/aromatic N) is 1. The fraction of sp³-hybridized carbons (Fsp3) is 0.588. The van der Waals surface area contributed by atoms with Crippen LogP contribution in [-0.2, 0) is 10.0 Å². The van der Waals surface area contributed by atoms with Crippen LogP contribution in [0.25, 0.3) is 0 Å². The van der Waals surface area contributed by atoms with Gasteiger partial charge in [-0.25, -0.2) is 8.42 Å². The largest absolute Gasteiger partial charge is 0.351 e. The number of nitrogens with one attached hydrogen (secondary N) is 2. The zero-order valence-corrected chi connectivity index (χ0v) is 15.3. The van der Waals surface area contributed by atoms with Crippen molar-refractivity contribution in [2.75, 3.05) is 32.7 Å². The van der Waals surface area contributed by atoms with E-state index in [9.17, 15) is 13.2 Å². The standard InChI is InChI=1S/C17H27N3O3S/c1-3-18-9-10-19-17(21)16-13-15(8-7-14(16)2)24(22,23)20-11-5-4-6-12-20/h7-8,13,18H,3-6,9-12H2,1-2H3,(H,19,21). The Kier molecular flexibility index (Phi) is 6.77. The molecule has 1 aliphatic rings. The average molecular weight is 353 g/mol. The van der Waals surface area contributed by atoms with Crippen LogP contribution < -0.4 is 10.6 Å². The molecule has 6 nitrogen and oxygen atoms in total. The Morgan fingerprint density at radius 3 is 2.54 bits per heavy atom. The third kappa shape index (κ3) is 4.55. The third-order valence-corrected chi connectivity index (χ3v) is 6.14. The lowest BCUT2D eigenvalue weighted by Gasteiger charge is -2.26. The number of hydrogen-bond acceptors (Lipinski definition) is 4. The Balaban J connectivity index is 2.16. The van der Waals surface area contributed by atoms with Crippen LogP contribution in [0, 0.1) is 6.92 Å². The van der Waals surface area contributed by atoms with Gasteiger partial charge in [-0.3, -0.25) is 4.79 Å².